The van der Waals surface area contributed by atoms with Crippen molar-refractivity contribution < 1.29 is 24.2 Å². The van der Waals surface area contributed by atoms with Gasteiger partial charge in [-0.2, -0.15) is 0 Å². The lowest BCUT2D eigenvalue weighted by molar-refractivity contribution is -0.155. The Morgan fingerprint density at radius 1 is 1.18 bits per heavy atom. The molecular weight excluding hydrogens is 500 g/mol. The van der Waals surface area contributed by atoms with Crippen LogP contribution in [0.4, 0.5) is 0 Å². The molecule has 0 saturated carbocycles. The van der Waals surface area contributed by atoms with Crippen molar-refractivity contribution in [2.75, 3.05) is 26.3 Å². The average molecular weight is 549 g/mol. The zero-order chi connectivity index (χ0) is 28.5. The number of aliphatic hydroxyl groups excluding tert-OH is 1. The molecule has 214 valence electrons. The molecule has 3 heterocycles. The second-order valence-electron chi connectivity index (χ2n) is 13.2. The van der Waals surface area contributed by atoms with E-state index >= 15 is 0 Å². The molecule has 3 fully saturated rings. The molecule has 0 aliphatic carbocycles. The standard InChI is InChI=1S/C30H48N2O5S/c1-9-11-12-13-19-37-26(36)22-21-24(34)31(17-18-33)23(30(21)15-14-29(22,8)38-30)25(35)32(16-10-2)28(6,7)20-27(3,4)5/h9-10,21-23,33H,1-2,11-20H2,3-8H3/t21-,22+,23?,29-,30?/m0/s1. The number of amides is 2. The fraction of sp³-hybridized carbons (Fsp3) is 0.767. The fourth-order valence-electron chi connectivity index (χ4n) is 7.37. The molecule has 3 aliphatic rings. The molecule has 2 unspecified atom stereocenters. The summed E-state index contributed by atoms with van der Waals surface area (Å²) in [4.78, 5) is 45.4. The maximum absolute atomic E-state index is 14.5. The molecule has 0 aromatic carbocycles. The Morgan fingerprint density at radius 2 is 1.87 bits per heavy atom. The van der Waals surface area contributed by atoms with E-state index in [2.05, 4.69) is 47.8 Å². The second-order valence-corrected chi connectivity index (χ2v) is 15.1. The van der Waals surface area contributed by atoms with E-state index in [1.54, 1.807) is 22.7 Å². The number of hydrogen-bond acceptors (Lipinski definition) is 6. The number of esters is 1. The lowest BCUT2D eigenvalue weighted by Crippen LogP contribution is -2.60. The van der Waals surface area contributed by atoms with Gasteiger partial charge in [0.25, 0.3) is 0 Å². The number of aliphatic hydroxyl groups is 1. The van der Waals surface area contributed by atoms with Gasteiger partial charge in [-0.1, -0.05) is 32.9 Å². The summed E-state index contributed by atoms with van der Waals surface area (Å²) in [5.41, 5.74) is -0.504. The number of carbonyl (C=O) groups excluding carboxylic acids is 3. The van der Waals surface area contributed by atoms with Gasteiger partial charge in [-0.25, -0.2) is 0 Å². The molecule has 5 atom stereocenters. The summed E-state index contributed by atoms with van der Waals surface area (Å²) in [5, 5.41) is 9.90. The summed E-state index contributed by atoms with van der Waals surface area (Å²) in [6.07, 6.45) is 8.27. The minimum absolute atomic E-state index is 0.0190. The van der Waals surface area contributed by atoms with Crippen molar-refractivity contribution in [2.45, 2.75) is 101 Å². The minimum atomic E-state index is -0.747. The quantitative estimate of drug-likeness (QED) is 0.206. The highest BCUT2D eigenvalue weighted by Gasteiger charge is 2.77. The molecular formula is C30H48N2O5S. The van der Waals surface area contributed by atoms with Gasteiger partial charge in [0.05, 0.1) is 29.8 Å². The Bertz CT molecular complexity index is 943. The number of thioether (sulfide) groups is 1. The largest absolute Gasteiger partial charge is 0.465 e. The van der Waals surface area contributed by atoms with Crippen molar-refractivity contribution in [1.82, 2.24) is 9.80 Å². The lowest BCUT2D eigenvalue weighted by Gasteiger charge is -2.45. The first-order valence-electron chi connectivity index (χ1n) is 14.0. The van der Waals surface area contributed by atoms with Crippen molar-refractivity contribution in [3.05, 3.63) is 25.3 Å². The number of ether oxygens (including phenoxy) is 1. The van der Waals surface area contributed by atoms with Crippen LogP contribution in [0.2, 0.25) is 0 Å². The molecule has 0 radical (unpaired) electrons. The van der Waals surface area contributed by atoms with Crippen molar-refractivity contribution in [3.8, 4) is 0 Å². The van der Waals surface area contributed by atoms with Gasteiger partial charge in [0.2, 0.25) is 11.8 Å². The summed E-state index contributed by atoms with van der Waals surface area (Å²) < 4.78 is 4.53. The maximum Gasteiger partial charge on any atom is 0.311 e. The van der Waals surface area contributed by atoms with Crippen molar-refractivity contribution >= 4 is 29.5 Å². The average Bonchev–Trinajstić information content (AvgIpc) is 3.36. The Labute approximate surface area is 233 Å². The summed E-state index contributed by atoms with van der Waals surface area (Å²) >= 11 is 1.63. The third-order valence-electron chi connectivity index (χ3n) is 8.42. The van der Waals surface area contributed by atoms with E-state index < -0.39 is 32.9 Å². The highest BCUT2D eigenvalue weighted by molar-refractivity contribution is 8.02. The Kier molecular flexibility index (Phi) is 9.19. The van der Waals surface area contributed by atoms with E-state index in [0.29, 0.717) is 19.6 Å². The fourth-order valence-corrected chi connectivity index (χ4v) is 9.71. The molecule has 3 aliphatic heterocycles. The van der Waals surface area contributed by atoms with E-state index in [4.69, 9.17) is 4.74 Å². The van der Waals surface area contributed by atoms with Crippen LogP contribution in [-0.4, -0.2) is 80.1 Å². The molecule has 3 saturated heterocycles. The highest BCUT2D eigenvalue weighted by atomic mass is 32.2. The molecule has 1 spiro atoms. The van der Waals surface area contributed by atoms with E-state index in [-0.39, 0.29) is 36.4 Å². The first-order valence-corrected chi connectivity index (χ1v) is 14.8. The topological polar surface area (TPSA) is 87.1 Å². The number of rotatable bonds is 13. The number of β-amino-alcohol motifs (C(OH)–C–C–N with tert-alkyl or cyclic N) is 1. The van der Waals surface area contributed by atoms with Crippen LogP contribution < -0.4 is 0 Å². The molecule has 0 aromatic heterocycles. The Morgan fingerprint density at radius 3 is 2.45 bits per heavy atom. The maximum atomic E-state index is 14.5. The first kappa shape index (κ1) is 30.7. The van der Waals surface area contributed by atoms with Crippen LogP contribution in [0.3, 0.4) is 0 Å². The van der Waals surface area contributed by atoms with Crippen LogP contribution >= 0.6 is 11.8 Å². The number of fused-ring (bicyclic) bond motifs is 1. The highest BCUT2D eigenvalue weighted by Crippen LogP contribution is 2.71. The van der Waals surface area contributed by atoms with Crippen LogP contribution in [-0.2, 0) is 19.1 Å². The van der Waals surface area contributed by atoms with Gasteiger partial charge < -0.3 is 19.6 Å². The molecule has 7 nitrogen and oxygen atoms in total. The number of unbranched alkanes of at least 4 members (excludes halogenated alkanes) is 2. The van der Waals surface area contributed by atoms with E-state index in [1.807, 2.05) is 17.9 Å². The van der Waals surface area contributed by atoms with E-state index in [0.717, 1.165) is 32.1 Å². The SMILES string of the molecule is C=CCCCCOC(=O)[C@H]1[C@H]2C(=O)N(CCO)C(C(=O)N(CC=C)C(C)(C)CC(C)(C)C)C23CC[C@]1(C)S3. The number of carbonyl (C=O) groups is 3. The van der Waals surface area contributed by atoms with Gasteiger partial charge >= 0.3 is 5.97 Å². The molecule has 2 bridgehead atoms. The van der Waals surface area contributed by atoms with Gasteiger partial charge in [-0.05, 0) is 64.7 Å². The number of hydrogen-bond donors (Lipinski definition) is 1. The Hall–Kier alpha value is -1.80. The monoisotopic (exact) mass is 548 g/mol. The zero-order valence-corrected chi connectivity index (χ0v) is 25.1. The summed E-state index contributed by atoms with van der Waals surface area (Å²) in [6, 6.07) is -0.747. The molecule has 3 rings (SSSR count). The molecule has 38 heavy (non-hydrogen) atoms. The van der Waals surface area contributed by atoms with Crippen LogP contribution in [0.15, 0.2) is 25.3 Å². The molecule has 0 aromatic rings. The molecule has 8 heteroatoms. The molecule has 2 amide bonds. The number of likely N-dealkylation sites (tertiary alicyclic amines) is 1. The van der Waals surface area contributed by atoms with Gasteiger partial charge in [0.1, 0.15) is 6.04 Å². The zero-order valence-electron chi connectivity index (χ0n) is 24.3. The predicted octanol–water partition coefficient (Wildman–Crippen LogP) is 4.59. The van der Waals surface area contributed by atoms with Gasteiger partial charge in [-0.3, -0.25) is 14.4 Å². The second kappa shape index (κ2) is 11.4. The predicted molar refractivity (Wildman–Crippen MR) is 153 cm³/mol. The van der Waals surface area contributed by atoms with Gasteiger partial charge in [0, 0.05) is 23.4 Å². The minimum Gasteiger partial charge on any atom is -0.465 e. The summed E-state index contributed by atoms with van der Waals surface area (Å²) in [5.74, 6) is -1.93. The van der Waals surface area contributed by atoms with Crippen molar-refractivity contribution in [2.24, 2.45) is 17.3 Å². The number of allylic oxidation sites excluding steroid dienone is 1. The van der Waals surface area contributed by atoms with E-state index in [1.165, 1.54) is 0 Å². The van der Waals surface area contributed by atoms with E-state index in [9.17, 15) is 19.5 Å². The third-order valence-corrected chi connectivity index (χ3v) is 10.4. The lowest BCUT2D eigenvalue weighted by atomic mass is 9.66. The van der Waals surface area contributed by atoms with Crippen molar-refractivity contribution in [3.63, 3.8) is 0 Å². The van der Waals surface area contributed by atoms with Gasteiger partial charge in [-0.15, -0.1) is 24.9 Å². The number of nitrogens with zero attached hydrogens (tertiary/aromatic N) is 2. The van der Waals surface area contributed by atoms with Crippen LogP contribution in [0.25, 0.3) is 0 Å². The summed E-state index contributed by atoms with van der Waals surface area (Å²) in [6.45, 7) is 20.8. The third kappa shape index (κ3) is 5.58. The van der Waals surface area contributed by atoms with Crippen LogP contribution in [0.1, 0.15) is 80.1 Å². The summed E-state index contributed by atoms with van der Waals surface area (Å²) in [7, 11) is 0. The normalized spacial score (nSPS) is 30.3. The Balaban J connectivity index is 1.97. The van der Waals surface area contributed by atoms with Crippen molar-refractivity contribution in [1.29, 1.82) is 0 Å². The smallest absolute Gasteiger partial charge is 0.311 e. The van der Waals surface area contributed by atoms with Crippen LogP contribution in [0, 0.1) is 17.3 Å². The van der Waals surface area contributed by atoms with Gasteiger partial charge in [0.15, 0.2) is 0 Å². The first-order chi connectivity index (χ1) is 17.7. The van der Waals surface area contributed by atoms with Crippen LogP contribution in [0.5, 0.6) is 0 Å². The molecule has 1 N–H and O–H groups in total.